The van der Waals surface area contributed by atoms with Gasteiger partial charge in [-0.05, 0) is 66.8 Å². The van der Waals surface area contributed by atoms with Crippen molar-refractivity contribution < 1.29 is 13.2 Å². The summed E-state index contributed by atoms with van der Waals surface area (Å²) < 4.78 is 28.9. The van der Waals surface area contributed by atoms with Gasteiger partial charge in [0.2, 0.25) is 15.9 Å². The average molecular weight is 450 g/mol. The number of fused-ring (bicyclic) bond motifs is 1. The molecule has 1 aliphatic rings. The molecule has 7 heteroatoms. The van der Waals surface area contributed by atoms with Crippen molar-refractivity contribution in [1.29, 1.82) is 0 Å². The van der Waals surface area contributed by atoms with Crippen LogP contribution >= 0.6 is 0 Å². The fraction of sp³-hybridized carbons (Fsp3) is 0.280. The SMILES string of the molecule is CC(=O)N1c2ccc(S(=O)(=O)N(CCc3ccccc3)Cc3ccncc3)cc2CC1C. The van der Waals surface area contributed by atoms with Crippen molar-refractivity contribution in [2.24, 2.45) is 0 Å². The van der Waals surface area contributed by atoms with Gasteiger partial charge in [0.25, 0.3) is 0 Å². The van der Waals surface area contributed by atoms with Crippen LogP contribution in [0.1, 0.15) is 30.5 Å². The molecule has 0 aliphatic carbocycles. The van der Waals surface area contributed by atoms with Crippen molar-refractivity contribution in [2.75, 3.05) is 11.4 Å². The Bertz CT molecular complexity index is 1200. The number of anilines is 1. The van der Waals surface area contributed by atoms with Crippen molar-refractivity contribution >= 4 is 21.6 Å². The third-order valence-corrected chi connectivity index (χ3v) is 7.69. The molecule has 2 aromatic carbocycles. The third kappa shape index (κ3) is 4.59. The molecule has 0 N–H and O–H groups in total. The molecule has 1 aromatic heterocycles. The quantitative estimate of drug-likeness (QED) is 0.550. The summed E-state index contributed by atoms with van der Waals surface area (Å²) in [5.41, 5.74) is 3.66. The predicted octanol–water partition coefficient (Wildman–Crippen LogP) is 3.81. The monoisotopic (exact) mass is 449 g/mol. The van der Waals surface area contributed by atoms with Crippen LogP contribution in [0.4, 0.5) is 5.69 Å². The Kier molecular flexibility index (Phi) is 6.39. The Labute approximate surface area is 189 Å². The molecule has 1 amide bonds. The molecule has 1 atom stereocenters. The standard InChI is InChI=1S/C25H27N3O3S/c1-19-16-23-17-24(8-9-25(23)28(19)20(2)29)32(30,31)27(18-22-10-13-26-14-11-22)15-12-21-6-4-3-5-7-21/h3-11,13-14,17,19H,12,15-16,18H2,1-2H3. The first-order valence-corrected chi connectivity index (χ1v) is 12.2. The summed E-state index contributed by atoms with van der Waals surface area (Å²) >= 11 is 0. The van der Waals surface area contributed by atoms with E-state index in [2.05, 4.69) is 4.98 Å². The second-order valence-electron chi connectivity index (χ2n) is 8.16. The predicted molar refractivity (Wildman–Crippen MR) is 125 cm³/mol. The lowest BCUT2D eigenvalue weighted by Gasteiger charge is -2.23. The second-order valence-corrected chi connectivity index (χ2v) is 10.1. The van der Waals surface area contributed by atoms with Gasteiger partial charge >= 0.3 is 0 Å². The van der Waals surface area contributed by atoms with Crippen LogP contribution in [-0.2, 0) is 34.2 Å². The van der Waals surface area contributed by atoms with Crippen molar-refractivity contribution in [3.05, 3.63) is 89.7 Å². The van der Waals surface area contributed by atoms with Crippen LogP contribution in [0.25, 0.3) is 0 Å². The third-order valence-electron chi connectivity index (χ3n) is 5.84. The molecule has 3 aromatic rings. The van der Waals surface area contributed by atoms with Gasteiger partial charge in [-0.15, -0.1) is 0 Å². The van der Waals surface area contributed by atoms with E-state index in [0.717, 1.165) is 22.4 Å². The van der Waals surface area contributed by atoms with Crippen LogP contribution in [0.5, 0.6) is 0 Å². The summed E-state index contributed by atoms with van der Waals surface area (Å²) in [4.78, 5) is 18.1. The highest BCUT2D eigenvalue weighted by molar-refractivity contribution is 7.89. The van der Waals surface area contributed by atoms with Crippen molar-refractivity contribution in [1.82, 2.24) is 9.29 Å². The normalized spacial score (nSPS) is 15.7. The number of benzene rings is 2. The molecule has 0 saturated heterocycles. The topological polar surface area (TPSA) is 70.6 Å². The van der Waals surface area contributed by atoms with Gasteiger partial charge in [-0.2, -0.15) is 4.31 Å². The lowest BCUT2D eigenvalue weighted by Crippen LogP contribution is -2.33. The zero-order chi connectivity index (χ0) is 22.7. The summed E-state index contributed by atoms with van der Waals surface area (Å²) in [7, 11) is -3.74. The Morgan fingerprint density at radius 2 is 1.78 bits per heavy atom. The number of carbonyl (C=O) groups is 1. The molecule has 166 valence electrons. The van der Waals surface area contributed by atoms with Crippen molar-refractivity contribution in [2.45, 2.75) is 44.2 Å². The van der Waals surface area contributed by atoms with Crippen molar-refractivity contribution in [3.8, 4) is 0 Å². The van der Waals surface area contributed by atoms with Gasteiger partial charge in [-0.1, -0.05) is 30.3 Å². The second kappa shape index (κ2) is 9.22. The Morgan fingerprint density at radius 1 is 1.06 bits per heavy atom. The Balaban J connectivity index is 1.65. The van der Waals surface area contributed by atoms with E-state index in [1.165, 1.54) is 11.2 Å². The number of aromatic nitrogens is 1. The van der Waals surface area contributed by atoms with Gasteiger partial charge < -0.3 is 4.90 Å². The Morgan fingerprint density at radius 3 is 2.47 bits per heavy atom. The molecule has 6 nitrogen and oxygen atoms in total. The summed E-state index contributed by atoms with van der Waals surface area (Å²) in [6.07, 6.45) is 4.60. The number of pyridine rings is 1. The molecule has 4 rings (SSSR count). The minimum absolute atomic E-state index is 0.0199. The molecular formula is C25H27N3O3S. The number of hydrogen-bond acceptors (Lipinski definition) is 4. The van der Waals surface area contributed by atoms with Crippen LogP contribution in [-0.4, -0.2) is 36.2 Å². The average Bonchev–Trinajstić information content (AvgIpc) is 3.13. The fourth-order valence-electron chi connectivity index (χ4n) is 4.27. The van der Waals surface area contributed by atoms with Gasteiger partial charge in [0.15, 0.2) is 0 Å². The maximum absolute atomic E-state index is 13.7. The van der Waals surface area contributed by atoms with Gasteiger partial charge in [0.05, 0.1) is 4.90 Å². The number of sulfonamides is 1. The summed E-state index contributed by atoms with van der Waals surface area (Å²) in [5, 5.41) is 0. The fourth-order valence-corrected chi connectivity index (χ4v) is 5.75. The summed E-state index contributed by atoms with van der Waals surface area (Å²) in [6, 6.07) is 18.7. The van der Waals surface area contributed by atoms with Crippen LogP contribution in [0.3, 0.4) is 0 Å². The van der Waals surface area contributed by atoms with Crippen molar-refractivity contribution in [3.63, 3.8) is 0 Å². The van der Waals surface area contributed by atoms with Gasteiger partial charge in [-0.25, -0.2) is 8.42 Å². The molecular weight excluding hydrogens is 422 g/mol. The number of nitrogens with zero attached hydrogens (tertiary/aromatic N) is 3. The van der Waals surface area contributed by atoms with Gasteiger partial charge in [0, 0.05) is 44.1 Å². The van der Waals surface area contributed by atoms with E-state index in [4.69, 9.17) is 0 Å². The first-order chi connectivity index (χ1) is 15.4. The minimum atomic E-state index is -3.74. The number of rotatable bonds is 7. The maximum atomic E-state index is 13.7. The first-order valence-electron chi connectivity index (χ1n) is 10.7. The summed E-state index contributed by atoms with van der Waals surface area (Å²) in [6.45, 7) is 4.15. The van der Waals surface area contributed by atoms with Crippen LogP contribution in [0, 0.1) is 0 Å². The van der Waals surface area contributed by atoms with Gasteiger partial charge in [-0.3, -0.25) is 9.78 Å². The molecule has 1 unspecified atom stereocenters. The van der Waals surface area contributed by atoms with E-state index in [1.807, 2.05) is 49.4 Å². The lowest BCUT2D eigenvalue weighted by atomic mass is 10.1. The first kappa shape index (κ1) is 22.2. The number of amides is 1. The van der Waals surface area contributed by atoms with E-state index >= 15 is 0 Å². The van der Waals surface area contributed by atoms with Gasteiger partial charge in [0.1, 0.15) is 0 Å². The van der Waals surface area contributed by atoms with E-state index in [1.54, 1.807) is 35.5 Å². The Hall–Kier alpha value is -3.03. The smallest absolute Gasteiger partial charge is 0.243 e. The van der Waals surface area contributed by atoms with Crippen LogP contribution in [0.2, 0.25) is 0 Å². The minimum Gasteiger partial charge on any atom is -0.309 e. The highest BCUT2D eigenvalue weighted by atomic mass is 32.2. The molecule has 1 aliphatic heterocycles. The molecule has 2 heterocycles. The van der Waals surface area contributed by atoms with E-state index in [0.29, 0.717) is 19.4 Å². The molecule has 0 bridgehead atoms. The lowest BCUT2D eigenvalue weighted by molar-refractivity contribution is -0.116. The zero-order valence-electron chi connectivity index (χ0n) is 18.3. The highest BCUT2D eigenvalue weighted by Gasteiger charge is 2.32. The highest BCUT2D eigenvalue weighted by Crippen LogP contribution is 2.34. The molecule has 0 fully saturated rings. The van der Waals surface area contributed by atoms with E-state index in [-0.39, 0.29) is 23.4 Å². The molecule has 32 heavy (non-hydrogen) atoms. The van der Waals surface area contributed by atoms with Crippen LogP contribution < -0.4 is 4.90 Å². The number of hydrogen-bond donors (Lipinski definition) is 0. The maximum Gasteiger partial charge on any atom is 0.243 e. The zero-order valence-corrected chi connectivity index (χ0v) is 19.1. The number of carbonyl (C=O) groups excluding carboxylic acids is 1. The largest absolute Gasteiger partial charge is 0.309 e. The van der Waals surface area contributed by atoms with Crippen LogP contribution in [0.15, 0.2) is 78.0 Å². The van der Waals surface area contributed by atoms with E-state index < -0.39 is 10.0 Å². The van der Waals surface area contributed by atoms with E-state index in [9.17, 15) is 13.2 Å². The molecule has 0 saturated carbocycles. The summed E-state index contributed by atoms with van der Waals surface area (Å²) in [5.74, 6) is -0.0333. The molecule has 0 spiro atoms. The molecule has 0 radical (unpaired) electrons.